The highest BCUT2D eigenvalue weighted by atomic mass is 35.5. The lowest BCUT2D eigenvalue weighted by molar-refractivity contribution is -0.159. The van der Waals surface area contributed by atoms with Gasteiger partial charge in [-0.1, -0.05) is 11.6 Å². The summed E-state index contributed by atoms with van der Waals surface area (Å²) >= 11 is 6.02. The van der Waals surface area contributed by atoms with Gasteiger partial charge in [0.15, 0.2) is 0 Å². The smallest absolute Gasteiger partial charge is 0.416 e. The molecule has 0 aromatic heterocycles. The summed E-state index contributed by atoms with van der Waals surface area (Å²) in [6.07, 6.45) is -1.64. The average Bonchev–Trinajstić information content (AvgIpc) is 2.62. The number of alkyl halides is 3. The zero-order valence-corrected chi connectivity index (χ0v) is 16.8. The van der Waals surface area contributed by atoms with Crippen LogP contribution in [0.25, 0.3) is 0 Å². The maximum atomic E-state index is 13.3. The molecule has 0 radical (unpaired) electrons. The van der Waals surface area contributed by atoms with Gasteiger partial charge in [-0.15, -0.1) is 0 Å². The van der Waals surface area contributed by atoms with Crippen LogP contribution in [0.15, 0.2) is 12.1 Å². The van der Waals surface area contributed by atoms with Crippen LogP contribution in [0, 0.1) is 0 Å². The SMILES string of the molecule is O=C(Nc1cc(C(F)(F)F)cc(NC(=O)C(=O)OC2CCC2)c1Cl)C(=O)OC1CCC1. The number of carbonyl (C=O) groups is 4. The topological polar surface area (TPSA) is 111 Å². The number of carbonyl (C=O) groups excluding carboxylic acids is 4. The van der Waals surface area contributed by atoms with E-state index in [0.29, 0.717) is 37.8 Å². The minimum atomic E-state index is -4.87. The first-order valence-corrected chi connectivity index (χ1v) is 9.87. The van der Waals surface area contributed by atoms with Crippen molar-refractivity contribution in [2.45, 2.75) is 56.9 Å². The third-order valence-corrected chi connectivity index (χ3v) is 5.33. The van der Waals surface area contributed by atoms with E-state index in [1.54, 1.807) is 0 Å². The molecule has 168 valence electrons. The van der Waals surface area contributed by atoms with Crippen molar-refractivity contribution in [2.24, 2.45) is 0 Å². The molecule has 2 fully saturated rings. The summed E-state index contributed by atoms with van der Waals surface area (Å²) in [5.41, 5.74) is -2.45. The monoisotopic (exact) mass is 462 g/mol. The minimum Gasteiger partial charge on any atom is -0.455 e. The van der Waals surface area contributed by atoms with Crippen LogP contribution in [0.2, 0.25) is 5.02 Å². The van der Waals surface area contributed by atoms with Crippen molar-refractivity contribution in [3.8, 4) is 0 Å². The van der Waals surface area contributed by atoms with Gasteiger partial charge >= 0.3 is 29.9 Å². The van der Waals surface area contributed by atoms with Crippen LogP contribution in [-0.4, -0.2) is 36.0 Å². The highest BCUT2D eigenvalue weighted by molar-refractivity contribution is 6.43. The maximum absolute atomic E-state index is 13.3. The van der Waals surface area contributed by atoms with Gasteiger partial charge in [-0.3, -0.25) is 9.59 Å². The molecule has 2 saturated carbocycles. The lowest BCUT2D eigenvalue weighted by atomic mass is 9.96. The Morgan fingerprint density at radius 3 is 1.52 bits per heavy atom. The molecule has 3 rings (SSSR count). The second kappa shape index (κ2) is 9.13. The number of hydrogen-bond acceptors (Lipinski definition) is 6. The first-order chi connectivity index (χ1) is 14.5. The van der Waals surface area contributed by atoms with Crippen LogP contribution >= 0.6 is 11.6 Å². The summed E-state index contributed by atoms with van der Waals surface area (Å²) in [5, 5.41) is 3.40. The van der Waals surface area contributed by atoms with Crippen molar-refractivity contribution in [1.29, 1.82) is 0 Å². The van der Waals surface area contributed by atoms with Crippen LogP contribution in [0.3, 0.4) is 0 Å². The zero-order valence-electron chi connectivity index (χ0n) is 16.0. The molecular formula is C19H18ClF3N2O6. The second-order valence-corrected chi connectivity index (χ2v) is 7.59. The van der Waals surface area contributed by atoms with Gasteiger partial charge < -0.3 is 20.1 Å². The lowest BCUT2D eigenvalue weighted by Crippen LogP contribution is -2.33. The fourth-order valence-electron chi connectivity index (χ4n) is 2.70. The van der Waals surface area contributed by atoms with E-state index in [1.807, 2.05) is 10.6 Å². The van der Waals surface area contributed by atoms with Crippen molar-refractivity contribution < 1.29 is 41.8 Å². The highest BCUT2D eigenvalue weighted by Gasteiger charge is 2.34. The van der Waals surface area contributed by atoms with Gasteiger partial charge in [0.2, 0.25) is 0 Å². The second-order valence-electron chi connectivity index (χ2n) is 7.21. The van der Waals surface area contributed by atoms with E-state index in [2.05, 4.69) is 0 Å². The van der Waals surface area contributed by atoms with E-state index in [0.717, 1.165) is 12.8 Å². The Balaban J connectivity index is 1.78. The molecule has 0 bridgehead atoms. The quantitative estimate of drug-likeness (QED) is 0.524. The Morgan fingerprint density at radius 1 is 0.839 bits per heavy atom. The highest BCUT2D eigenvalue weighted by Crippen LogP contribution is 2.39. The Hall–Kier alpha value is -2.82. The van der Waals surface area contributed by atoms with Crippen LogP contribution in [0.4, 0.5) is 24.5 Å². The van der Waals surface area contributed by atoms with Crippen molar-refractivity contribution in [2.75, 3.05) is 10.6 Å². The number of esters is 2. The average molecular weight is 463 g/mol. The predicted molar refractivity (Wildman–Crippen MR) is 101 cm³/mol. The van der Waals surface area contributed by atoms with Crippen LogP contribution in [0.1, 0.15) is 44.1 Å². The number of benzene rings is 1. The molecule has 8 nitrogen and oxygen atoms in total. The molecule has 0 unspecified atom stereocenters. The molecule has 0 heterocycles. The third-order valence-electron chi connectivity index (χ3n) is 4.92. The van der Waals surface area contributed by atoms with Crippen molar-refractivity contribution >= 4 is 46.7 Å². The van der Waals surface area contributed by atoms with E-state index in [-0.39, 0.29) is 0 Å². The summed E-state index contributed by atoms with van der Waals surface area (Å²) in [5.74, 6) is -5.19. The largest absolute Gasteiger partial charge is 0.455 e. The molecule has 2 N–H and O–H groups in total. The Bertz CT molecular complexity index is 849. The fourth-order valence-corrected chi connectivity index (χ4v) is 2.91. The van der Waals surface area contributed by atoms with E-state index in [9.17, 15) is 32.3 Å². The summed E-state index contributed by atoms with van der Waals surface area (Å²) in [6, 6.07) is 0.998. The van der Waals surface area contributed by atoms with Crippen LogP contribution in [-0.2, 0) is 34.8 Å². The van der Waals surface area contributed by atoms with E-state index in [4.69, 9.17) is 21.1 Å². The maximum Gasteiger partial charge on any atom is 0.416 e. The predicted octanol–water partition coefficient (Wildman–Crippen LogP) is 3.43. The number of anilines is 2. The normalized spacial score (nSPS) is 16.5. The summed E-state index contributed by atoms with van der Waals surface area (Å²) in [7, 11) is 0. The number of rotatable bonds is 4. The summed E-state index contributed by atoms with van der Waals surface area (Å²) < 4.78 is 49.6. The van der Waals surface area contributed by atoms with Gasteiger partial charge in [0.1, 0.15) is 12.2 Å². The molecule has 31 heavy (non-hydrogen) atoms. The Kier molecular flexibility index (Phi) is 6.73. The standard InChI is InChI=1S/C19H18ClF3N2O6/c20-14-12(24-15(26)17(28)30-10-3-1-4-10)7-9(19(21,22)23)8-13(14)25-16(27)18(29)31-11-5-2-6-11/h7-8,10-11H,1-6H2,(H,24,26)(H,25,27). The van der Waals surface area contributed by atoms with Gasteiger partial charge in [0.25, 0.3) is 0 Å². The van der Waals surface area contributed by atoms with Crippen molar-refractivity contribution in [3.05, 3.63) is 22.7 Å². The Morgan fingerprint density at radius 2 is 1.23 bits per heavy atom. The number of halogens is 4. The van der Waals surface area contributed by atoms with Gasteiger partial charge in [0.05, 0.1) is 22.0 Å². The first kappa shape index (κ1) is 22.9. The minimum absolute atomic E-state index is 0.410. The van der Waals surface area contributed by atoms with Crippen molar-refractivity contribution in [1.82, 2.24) is 0 Å². The van der Waals surface area contributed by atoms with Gasteiger partial charge in [-0.2, -0.15) is 13.2 Å². The van der Waals surface area contributed by atoms with Gasteiger partial charge in [-0.25, -0.2) is 9.59 Å². The molecule has 0 spiro atoms. The van der Waals surface area contributed by atoms with E-state index < -0.39 is 64.1 Å². The third kappa shape index (κ3) is 5.66. The molecule has 2 aliphatic carbocycles. The number of nitrogens with one attached hydrogen (secondary N) is 2. The fraction of sp³-hybridized carbons (Fsp3) is 0.474. The zero-order chi connectivity index (χ0) is 22.8. The van der Waals surface area contributed by atoms with Crippen LogP contribution < -0.4 is 10.6 Å². The van der Waals surface area contributed by atoms with Gasteiger partial charge in [-0.05, 0) is 50.7 Å². The molecular weight excluding hydrogens is 445 g/mol. The Labute approximate surface area is 179 Å². The molecule has 1 aromatic rings. The number of amides is 2. The molecule has 1 aromatic carbocycles. The molecule has 0 atom stereocenters. The summed E-state index contributed by atoms with van der Waals surface area (Å²) in [6.45, 7) is 0. The molecule has 12 heteroatoms. The lowest BCUT2D eigenvalue weighted by Gasteiger charge is -2.25. The summed E-state index contributed by atoms with van der Waals surface area (Å²) in [4.78, 5) is 47.6. The number of hydrogen-bond donors (Lipinski definition) is 2. The molecule has 2 aliphatic rings. The van der Waals surface area contributed by atoms with Crippen LogP contribution in [0.5, 0.6) is 0 Å². The van der Waals surface area contributed by atoms with Crippen molar-refractivity contribution in [3.63, 3.8) is 0 Å². The van der Waals surface area contributed by atoms with E-state index in [1.165, 1.54) is 0 Å². The number of ether oxygens (including phenoxy) is 2. The first-order valence-electron chi connectivity index (χ1n) is 9.49. The molecule has 0 saturated heterocycles. The van der Waals surface area contributed by atoms with Gasteiger partial charge in [0, 0.05) is 0 Å². The van der Waals surface area contributed by atoms with E-state index >= 15 is 0 Å². The molecule has 2 amide bonds. The molecule has 0 aliphatic heterocycles.